The molecule has 1 N–H and O–H groups in total. The third-order valence-corrected chi connectivity index (χ3v) is 2.24. The van der Waals surface area contributed by atoms with E-state index in [1.54, 1.807) is 19.2 Å². The third kappa shape index (κ3) is 3.92. The summed E-state index contributed by atoms with van der Waals surface area (Å²) < 4.78 is 5.18. The summed E-state index contributed by atoms with van der Waals surface area (Å²) in [6, 6.07) is 4.80. The average molecular weight is 235 g/mol. The molecule has 0 aliphatic heterocycles. The van der Waals surface area contributed by atoms with E-state index in [1.165, 1.54) is 6.07 Å². The fourth-order valence-corrected chi connectivity index (χ4v) is 1.39. The second kappa shape index (κ2) is 6.06. The number of rotatable bonds is 5. The number of carboxylic acids is 1. The van der Waals surface area contributed by atoms with Crippen LogP contribution in [0, 0.1) is 0 Å². The maximum Gasteiger partial charge on any atom is 0.335 e. The van der Waals surface area contributed by atoms with Gasteiger partial charge in [-0.25, -0.2) is 4.79 Å². The number of ether oxygens (including phenoxy) is 1. The van der Waals surface area contributed by atoms with Crippen molar-refractivity contribution in [2.45, 2.75) is 0 Å². The molecule has 1 aromatic rings. The van der Waals surface area contributed by atoms with Crippen LogP contribution in [0.3, 0.4) is 0 Å². The van der Waals surface area contributed by atoms with E-state index in [1.807, 2.05) is 31.1 Å². The monoisotopic (exact) mass is 235 g/mol. The van der Waals surface area contributed by atoms with Gasteiger partial charge in [-0.2, -0.15) is 0 Å². The minimum atomic E-state index is -0.935. The lowest BCUT2D eigenvalue weighted by Gasteiger charge is -2.07. The van der Waals surface area contributed by atoms with Gasteiger partial charge in [-0.1, -0.05) is 12.2 Å². The number of benzene rings is 1. The second-order valence-electron chi connectivity index (χ2n) is 3.93. The summed E-state index contributed by atoms with van der Waals surface area (Å²) in [5, 5.41) is 8.91. The van der Waals surface area contributed by atoms with E-state index in [-0.39, 0.29) is 5.56 Å². The molecule has 0 unspecified atom stereocenters. The van der Waals surface area contributed by atoms with Crippen molar-refractivity contribution in [3.05, 3.63) is 35.4 Å². The number of likely N-dealkylation sites (N-methyl/N-ethyl adjacent to an activating group) is 1. The van der Waals surface area contributed by atoms with Crippen LogP contribution >= 0.6 is 0 Å². The van der Waals surface area contributed by atoms with Gasteiger partial charge in [-0.05, 0) is 32.3 Å². The van der Waals surface area contributed by atoms with Gasteiger partial charge in [0.15, 0.2) is 0 Å². The Labute approximate surface area is 101 Å². The lowest BCUT2D eigenvalue weighted by atomic mass is 10.1. The molecule has 0 heterocycles. The molecule has 0 spiro atoms. The average Bonchev–Trinajstić information content (AvgIpc) is 2.28. The van der Waals surface area contributed by atoms with E-state index >= 15 is 0 Å². The number of methoxy groups -OCH3 is 1. The van der Waals surface area contributed by atoms with Crippen molar-refractivity contribution in [2.75, 3.05) is 27.7 Å². The van der Waals surface area contributed by atoms with E-state index in [0.717, 1.165) is 12.1 Å². The third-order valence-electron chi connectivity index (χ3n) is 2.24. The van der Waals surface area contributed by atoms with Gasteiger partial charge < -0.3 is 14.7 Å². The van der Waals surface area contributed by atoms with E-state index in [4.69, 9.17) is 9.84 Å². The summed E-state index contributed by atoms with van der Waals surface area (Å²) in [6.07, 6.45) is 3.83. The fraction of sp³-hybridized carbons (Fsp3) is 0.308. The van der Waals surface area contributed by atoms with Gasteiger partial charge in [-0.3, -0.25) is 0 Å². The molecule has 0 fully saturated rings. The quantitative estimate of drug-likeness (QED) is 0.847. The van der Waals surface area contributed by atoms with Crippen LogP contribution in [-0.4, -0.2) is 43.7 Å². The zero-order chi connectivity index (χ0) is 12.8. The first-order valence-electron chi connectivity index (χ1n) is 5.27. The summed E-state index contributed by atoms with van der Waals surface area (Å²) in [7, 11) is 5.50. The normalized spacial score (nSPS) is 11.1. The zero-order valence-electron chi connectivity index (χ0n) is 10.3. The molecule has 0 aromatic heterocycles. The van der Waals surface area contributed by atoms with Crippen LogP contribution in [0.1, 0.15) is 15.9 Å². The highest BCUT2D eigenvalue weighted by Crippen LogP contribution is 2.21. The van der Waals surface area contributed by atoms with Crippen LogP contribution in [0.15, 0.2) is 24.3 Å². The molecular weight excluding hydrogens is 218 g/mol. The first-order chi connectivity index (χ1) is 8.04. The molecular formula is C13H17NO3. The van der Waals surface area contributed by atoms with Gasteiger partial charge in [0.25, 0.3) is 0 Å². The molecule has 0 aliphatic carbocycles. The van der Waals surface area contributed by atoms with Crippen LogP contribution in [0.25, 0.3) is 6.08 Å². The van der Waals surface area contributed by atoms with E-state index in [2.05, 4.69) is 0 Å². The molecule has 4 nitrogen and oxygen atoms in total. The molecule has 1 rings (SSSR count). The first kappa shape index (κ1) is 13.3. The lowest BCUT2D eigenvalue weighted by molar-refractivity contribution is 0.0697. The summed E-state index contributed by atoms with van der Waals surface area (Å²) in [4.78, 5) is 12.9. The number of aromatic carboxylic acids is 1. The lowest BCUT2D eigenvalue weighted by Crippen LogP contribution is -2.10. The molecule has 0 aliphatic rings. The van der Waals surface area contributed by atoms with Crippen LogP contribution in [0.4, 0.5) is 0 Å². The van der Waals surface area contributed by atoms with Crippen molar-refractivity contribution in [3.63, 3.8) is 0 Å². The zero-order valence-corrected chi connectivity index (χ0v) is 10.3. The molecule has 0 bridgehead atoms. The predicted octanol–water partition coefficient (Wildman–Crippen LogP) is 1.97. The van der Waals surface area contributed by atoms with Gasteiger partial charge in [0.2, 0.25) is 0 Å². The Morgan fingerprint density at radius 1 is 1.47 bits per heavy atom. The topological polar surface area (TPSA) is 49.8 Å². The minimum Gasteiger partial charge on any atom is -0.496 e. The Hall–Kier alpha value is -1.81. The molecule has 1 aromatic carbocycles. The highest BCUT2D eigenvalue weighted by molar-refractivity contribution is 5.88. The van der Waals surface area contributed by atoms with Gasteiger partial charge >= 0.3 is 5.97 Å². The molecule has 0 atom stereocenters. The smallest absolute Gasteiger partial charge is 0.335 e. The van der Waals surface area contributed by atoms with Crippen LogP contribution in [0.5, 0.6) is 5.75 Å². The summed E-state index contributed by atoms with van der Waals surface area (Å²) in [6.45, 7) is 0.792. The van der Waals surface area contributed by atoms with Gasteiger partial charge in [0, 0.05) is 12.1 Å². The Bertz CT molecular complexity index is 425. The number of carboxylic acid groups (broad SMARTS) is 1. The summed E-state index contributed by atoms with van der Waals surface area (Å²) >= 11 is 0. The highest BCUT2D eigenvalue weighted by Gasteiger charge is 2.06. The van der Waals surface area contributed by atoms with Crippen molar-refractivity contribution >= 4 is 12.0 Å². The van der Waals surface area contributed by atoms with Crippen molar-refractivity contribution in [2.24, 2.45) is 0 Å². The summed E-state index contributed by atoms with van der Waals surface area (Å²) in [5.74, 6) is -0.264. The Morgan fingerprint density at radius 2 is 2.18 bits per heavy atom. The van der Waals surface area contributed by atoms with Gasteiger partial charge in [0.1, 0.15) is 5.75 Å². The van der Waals surface area contributed by atoms with Crippen molar-refractivity contribution < 1.29 is 14.6 Å². The van der Waals surface area contributed by atoms with Crippen molar-refractivity contribution in [3.8, 4) is 5.75 Å². The highest BCUT2D eigenvalue weighted by atomic mass is 16.5. The largest absolute Gasteiger partial charge is 0.496 e. The Balaban J connectivity index is 2.97. The standard InChI is InChI=1S/C13H17NO3/c1-14(2)8-4-5-10-9-11(13(15)16)6-7-12(10)17-3/h4-7,9H,8H2,1-3H3,(H,15,16)/b5-4-. The first-order valence-corrected chi connectivity index (χ1v) is 5.27. The number of hydrogen-bond acceptors (Lipinski definition) is 3. The van der Waals surface area contributed by atoms with Crippen molar-refractivity contribution in [1.82, 2.24) is 4.90 Å². The number of carbonyl (C=O) groups is 1. The molecule has 0 radical (unpaired) electrons. The van der Waals surface area contributed by atoms with E-state index < -0.39 is 5.97 Å². The van der Waals surface area contributed by atoms with Crippen LogP contribution < -0.4 is 4.74 Å². The molecule has 92 valence electrons. The fourth-order valence-electron chi connectivity index (χ4n) is 1.39. The van der Waals surface area contributed by atoms with Gasteiger partial charge in [0.05, 0.1) is 12.7 Å². The second-order valence-corrected chi connectivity index (χ2v) is 3.93. The molecule has 0 amide bonds. The maximum absolute atomic E-state index is 10.9. The van der Waals surface area contributed by atoms with Crippen LogP contribution in [-0.2, 0) is 0 Å². The number of hydrogen-bond donors (Lipinski definition) is 1. The minimum absolute atomic E-state index is 0.260. The molecule has 0 saturated carbocycles. The van der Waals surface area contributed by atoms with E-state index in [0.29, 0.717) is 5.75 Å². The van der Waals surface area contributed by atoms with Gasteiger partial charge in [-0.15, -0.1) is 0 Å². The molecule has 17 heavy (non-hydrogen) atoms. The van der Waals surface area contributed by atoms with Crippen LogP contribution in [0.2, 0.25) is 0 Å². The van der Waals surface area contributed by atoms with E-state index in [9.17, 15) is 4.79 Å². The number of nitrogens with zero attached hydrogens (tertiary/aromatic N) is 1. The molecule has 4 heteroatoms. The maximum atomic E-state index is 10.9. The SMILES string of the molecule is COc1ccc(C(=O)O)cc1/C=C\CN(C)C. The Kier molecular flexibility index (Phi) is 4.72. The molecule has 0 saturated heterocycles. The Morgan fingerprint density at radius 3 is 2.71 bits per heavy atom. The predicted molar refractivity (Wildman–Crippen MR) is 67.5 cm³/mol. The van der Waals surface area contributed by atoms with Crippen molar-refractivity contribution in [1.29, 1.82) is 0 Å². The summed E-state index contributed by atoms with van der Waals surface area (Å²) in [5.41, 5.74) is 1.03.